The van der Waals surface area contributed by atoms with Crippen molar-refractivity contribution in [2.45, 2.75) is 38.8 Å². The van der Waals surface area contributed by atoms with E-state index in [2.05, 4.69) is 0 Å². The van der Waals surface area contributed by atoms with Crippen molar-refractivity contribution in [2.75, 3.05) is 33.5 Å². The van der Waals surface area contributed by atoms with Crippen molar-refractivity contribution in [3.8, 4) is 0 Å². The number of hydrogen-bond acceptors (Lipinski definition) is 5. The lowest BCUT2D eigenvalue weighted by atomic mass is 10.1. The molecule has 1 fully saturated rings. The second-order valence-corrected chi connectivity index (χ2v) is 6.13. The van der Waals surface area contributed by atoms with Gasteiger partial charge < -0.3 is 24.2 Å². The first-order chi connectivity index (χ1) is 9.74. The van der Waals surface area contributed by atoms with Gasteiger partial charge in [0.05, 0.1) is 31.8 Å². The van der Waals surface area contributed by atoms with Crippen LogP contribution in [0.3, 0.4) is 0 Å². The van der Waals surface area contributed by atoms with Gasteiger partial charge in [-0.05, 0) is 27.2 Å². The Morgan fingerprint density at radius 3 is 2.48 bits per heavy atom. The van der Waals surface area contributed by atoms with Crippen LogP contribution in [0.2, 0.25) is 0 Å². The van der Waals surface area contributed by atoms with Gasteiger partial charge in [-0.3, -0.25) is 4.79 Å². The molecule has 7 heteroatoms. The van der Waals surface area contributed by atoms with E-state index >= 15 is 0 Å². The van der Waals surface area contributed by atoms with E-state index in [1.54, 1.807) is 27.9 Å². The second kappa shape index (κ2) is 7.61. The number of carbonyl (C=O) groups excluding carboxylic acids is 1. The molecule has 122 valence electrons. The van der Waals surface area contributed by atoms with Crippen LogP contribution < -0.4 is 0 Å². The molecule has 21 heavy (non-hydrogen) atoms. The zero-order valence-corrected chi connectivity index (χ0v) is 13.1. The molecule has 0 spiro atoms. The van der Waals surface area contributed by atoms with Crippen LogP contribution in [0.5, 0.6) is 0 Å². The minimum Gasteiger partial charge on any atom is -0.481 e. The normalized spacial score (nSPS) is 22.4. The zero-order valence-electron chi connectivity index (χ0n) is 13.1. The third-order valence-corrected chi connectivity index (χ3v) is 3.13. The van der Waals surface area contributed by atoms with Gasteiger partial charge in [0.1, 0.15) is 5.60 Å². The predicted octanol–water partition coefficient (Wildman–Crippen LogP) is 1.36. The van der Waals surface area contributed by atoms with Crippen molar-refractivity contribution in [2.24, 2.45) is 5.92 Å². The maximum Gasteiger partial charge on any atom is 0.410 e. The fourth-order valence-electron chi connectivity index (χ4n) is 2.16. The number of carboxylic acid groups (broad SMARTS) is 1. The molecular weight excluding hydrogens is 278 g/mol. The van der Waals surface area contributed by atoms with E-state index in [9.17, 15) is 9.59 Å². The van der Waals surface area contributed by atoms with Crippen molar-refractivity contribution in [3.05, 3.63) is 0 Å². The number of methoxy groups -OCH3 is 1. The van der Waals surface area contributed by atoms with Crippen molar-refractivity contribution in [1.82, 2.24) is 4.90 Å². The summed E-state index contributed by atoms with van der Waals surface area (Å²) in [6.45, 7) is 6.64. The summed E-state index contributed by atoms with van der Waals surface area (Å²) in [5.74, 6) is -1.48. The molecule has 1 aliphatic heterocycles. The number of hydrogen-bond donors (Lipinski definition) is 1. The lowest BCUT2D eigenvalue weighted by Crippen LogP contribution is -2.42. The summed E-state index contributed by atoms with van der Waals surface area (Å²) in [7, 11) is 1.58. The summed E-state index contributed by atoms with van der Waals surface area (Å²) in [5, 5.41) is 9.13. The van der Waals surface area contributed by atoms with Crippen molar-refractivity contribution in [1.29, 1.82) is 0 Å². The van der Waals surface area contributed by atoms with E-state index in [4.69, 9.17) is 19.3 Å². The summed E-state index contributed by atoms with van der Waals surface area (Å²) in [5.41, 5.74) is -0.611. The van der Waals surface area contributed by atoms with Crippen molar-refractivity contribution in [3.63, 3.8) is 0 Å². The first-order valence-corrected chi connectivity index (χ1v) is 7.03. The molecule has 0 radical (unpaired) electrons. The van der Waals surface area contributed by atoms with E-state index in [1.165, 1.54) is 4.90 Å². The molecule has 1 aliphatic rings. The van der Waals surface area contributed by atoms with Crippen molar-refractivity contribution >= 4 is 12.1 Å². The van der Waals surface area contributed by atoms with Crippen LogP contribution in [0, 0.1) is 5.92 Å². The van der Waals surface area contributed by atoms with Gasteiger partial charge in [0, 0.05) is 13.7 Å². The number of carbonyl (C=O) groups is 2. The van der Waals surface area contributed by atoms with Crippen LogP contribution >= 0.6 is 0 Å². The highest BCUT2D eigenvalue weighted by Gasteiger charge is 2.40. The highest BCUT2D eigenvalue weighted by Crippen LogP contribution is 2.26. The number of carboxylic acids is 1. The highest BCUT2D eigenvalue weighted by molar-refractivity contribution is 5.74. The van der Waals surface area contributed by atoms with Gasteiger partial charge in [0.15, 0.2) is 0 Å². The van der Waals surface area contributed by atoms with E-state index in [0.29, 0.717) is 19.6 Å². The summed E-state index contributed by atoms with van der Waals surface area (Å²) in [4.78, 5) is 24.8. The first kappa shape index (κ1) is 17.7. The number of nitrogens with zero attached hydrogens (tertiary/aromatic N) is 1. The second-order valence-electron chi connectivity index (χ2n) is 6.13. The Morgan fingerprint density at radius 2 is 1.95 bits per heavy atom. The molecule has 0 aromatic heterocycles. The Kier molecular flexibility index (Phi) is 6.42. The molecule has 0 saturated carbocycles. The molecule has 0 aliphatic carbocycles. The Bertz CT molecular complexity index is 365. The zero-order chi connectivity index (χ0) is 16.0. The van der Waals surface area contributed by atoms with Gasteiger partial charge in [0.2, 0.25) is 0 Å². The predicted molar refractivity (Wildman–Crippen MR) is 75.2 cm³/mol. The molecule has 2 unspecified atom stereocenters. The molecule has 1 heterocycles. The average Bonchev–Trinajstić information content (AvgIpc) is 2.77. The van der Waals surface area contributed by atoms with Crippen molar-refractivity contribution < 1.29 is 28.9 Å². The Hall–Kier alpha value is -1.34. The van der Waals surface area contributed by atoms with Crippen LogP contribution in [0.4, 0.5) is 4.79 Å². The Labute approximate surface area is 125 Å². The Morgan fingerprint density at radius 1 is 1.29 bits per heavy atom. The monoisotopic (exact) mass is 303 g/mol. The van der Waals surface area contributed by atoms with Gasteiger partial charge in [-0.15, -0.1) is 0 Å². The smallest absolute Gasteiger partial charge is 0.410 e. The minimum absolute atomic E-state index is 0.155. The molecule has 1 amide bonds. The largest absolute Gasteiger partial charge is 0.481 e. The van der Waals surface area contributed by atoms with E-state index in [1.807, 2.05) is 0 Å². The maximum atomic E-state index is 12.2. The van der Waals surface area contributed by atoms with E-state index in [0.717, 1.165) is 0 Å². The molecule has 0 bridgehead atoms. The van der Waals surface area contributed by atoms with Gasteiger partial charge in [-0.25, -0.2) is 4.79 Å². The average molecular weight is 303 g/mol. The topological polar surface area (TPSA) is 85.3 Å². The fourth-order valence-corrected chi connectivity index (χ4v) is 2.16. The lowest BCUT2D eigenvalue weighted by Gasteiger charge is -2.28. The SMILES string of the molecule is COCCOCC1CC(C(=O)O)CN1C(=O)OC(C)(C)C. The van der Waals surface area contributed by atoms with Gasteiger partial charge in [0.25, 0.3) is 0 Å². The molecule has 1 N–H and O–H groups in total. The van der Waals surface area contributed by atoms with Gasteiger partial charge in [-0.1, -0.05) is 0 Å². The molecule has 0 aromatic carbocycles. The van der Waals surface area contributed by atoms with Crippen LogP contribution in [0.25, 0.3) is 0 Å². The third kappa shape index (κ3) is 5.89. The third-order valence-electron chi connectivity index (χ3n) is 3.13. The molecule has 2 atom stereocenters. The fraction of sp³-hybridized carbons (Fsp3) is 0.857. The number of likely N-dealkylation sites (tertiary alicyclic amines) is 1. The standard InChI is InChI=1S/C14H25NO6/c1-14(2,3)21-13(18)15-8-10(12(16)17)7-11(15)9-20-6-5-19-4/h10-11H,5-9H2,1-4H3,(H,16,17). The molecule has 0 aromatic rings. The lowest BCUT2D eigenvalue weighted by molar-refractivity contribution is -0.141. The molecule has 1 saturated heterocycles. The highest BCUT2D eigenvalue weighted by atomic mass is 16.6. The van der Waals surface area contributed by atoms with Crippen LogP contribution in [0.15, 0.2) is 0 Å². The van der Waals surface area contributed by atoms with Crippen LogP contribution in [-0.2, 0) is 19.0 Å². The van der Waals surface area contributed by atoms with Crippen LogP contribution in [-0.4, -0.2) is 67.2 Å². The number of aliphatic carboxylic acids is 1. The summed E-state index contributed by atoms with van der Waals surface area (Å²) in [6, 6.07) is -0.280. The summed E-state index contributed by atoms with van der Waals surface area (Å²) >= 11 is 0. The number of rotatable bonds is 6. The summed E-state index contributed by atoms with van der Waals surface area (Å²) in [6.07, 6.45) is -0.117. The summed E-state index contributed by atoms with van der Waals surface area (Å²) < 4.78 is 15.6. The van der Waals surface area contributed by atoms with E-state index in [-0.39, 0.29) is 19.2 Å². The van der Waals surface area contributed by atoms with Crippen LogP contribution in [0.1, 0.15) is 27.2 Å². The van der Waals surface area contributed by atoms with E-state index < -0.39 is 23.6 Å². The van der Waals surface area contributed by atoms with Gasteiger partial charge in [-0.2, -0.15) is 0 Å². The quantitative estimate of drug-likeness (QED) is 0.746. The number of ether oxygens (including phenoxy) is 3. The number of amides is 1. The molecule has 1 rings (SSSR count). The minimum atomic E-state index is -0.900. The maximum absolute atomic E-state index is 12.2. The van der Waals surface area contributed by atoms with Gasteiger partial charge >= 0.3 is 12.1 Å². The molecule has 7 nitrogen and oxygen atoms in total. The Balaban J connectivity index is 2.62. The molecular formula is C14H25NO6. The first-order valence-electron chi connectivity index (χ1n) is 7.03.